The molecule has 0 aromatic heterocycles. The van der Waals surface area contributed by atoms with Crippen LogP contribution in [0.1, 0.15) is 35.9 Å². The van der Waals surface area contributed by atoms with Gasteiger partial charge in [0.2, 0.25) is 0 Å². The Hall–Kier alpha value is -3.82. The van der Waals surface area contributed by atoms with Gasteiger partial charge in [0.25, 0.3) is 17.3 Å². The van der Waals surface area contributed by atoms with Gasteiger partial charge in [-0.3, -0.25) is 25.0 Å². The summed E-state index contributed by atoms with van der Waals surface area (Å²) in [5, 5.41) is 24.0. The van der Waals surface area contributed by atoms with E-state index in [0.29, 0.717) is 5.56 Å². The van der Waals surface area contributed by atoms with E-state index in [1.807, 2.05) is 0 Å². The van der Waals surface area contributed by atoms with Crippen molar-refractivity contribution in [2.45, 2.75) is 26.0 Å². The fourth-order valence-electron chi connectivity index (χ4n) is 2.34. The van der Waals surface area contributed by atoms with Crippen LogP contribution in [0.15, 0.2) is 48.5 Å². The molecule has 0 aliphatic heterocycles. The van der Waals surface area contributed by atoms with Crippen LogP contribution in [0.25, 0.3) is 0 Å². The minimum absolute atomic E-state index is 0.0283. The van der Waals surface area contributed by atoms with Gasteiger partial charge in [-0.1, -0.05) is 18.2 Å². The minimum atomic E-state index is -1.03. The van der Waals surface area contributed by atoms with E-state index in [4.69, 9.17) is 4.74 Å². The molecular formula is C18H17N3O7. The number of hydrogen-bond acceptors (Lipinski definition) is 7. The topological polar surface area (TPSA) is 142 Å². The predicted octanol–water partition coefficient (Wildman–Crippen LogP) is 2.93. The molecule has 0 spiro atoms. The van der Waals surface area contributed by atoms with Gasteiger partial charge in [0.1, 0.15) is 12.1 Å². The van der Waals surface area contributed by atoms with Crippen LogP contribution in [0.2, 0.25) is 0 Å². The lowest BCUT2D eigenvalue weighted by atomic mass is 10.1. The predicted molar refractivity (Wildman–Crippen MR) is 97.6 cm³/mol. The highest BCUT2D eigenvalue weighted by Gasteiger charge is 2.22. The van der Waals surface area contributed by atoms with Gasteiger partial charge in [0.15, 0.2) is 0 Å². The number of carbonyl (C=O) groups is 2. The van der Waals surface area contributed by atoms with E-state index in [0.717, 1.165) is 6.07 Å². The second kappa shape index (κ2) is 8.71. The number of nitrogens with one attached hydrogen (secondary N) is 1. The molecule has 0 bridgehead atoms. The molecule has 2 rings (SSSR count). The van der Waals surface area contributed by atoms with Crippen molar-refractivity contribution in [1.29, 1.82) is 0 Å². The first-order chi connectivity index (χ1) is 13.2. The number of nitro groups is 2. The maximum absolute atomic E-state index is 12.2. The van der Waals surface area contributed by atoms with Crippen LogP contribution < -0.4 is 5.32 Å². The molecule has 0 saturated heterocycles. The molecular weight excluding hydrogens is 370 g/mol. The Morgan fingerprint density at radius 1 is 0.964 bits per heavy atom. The van der Waals surface area contributed by atoms with E-state index in [1.165, 1.54) is 43.3 Å². The highest BCUT2D eigenvalue weighted by Crippen LogP contribution is 2.22. The number of amides is 1. The van der Waals surface area contributed by atoms with Crippen molar-refractivity contribution in [3.63, 3.8) is 0 Å². The minimum Gasteiger partial charge on any atom is -0.456 e. The van der Waals surface area contributed by atoms with Crippen LogP contribution in [-0.2, 0) is 9.53 Å². The van der Waals surface area contributed by atoms with Gasteiger partial charge in [0, 0.05) is 29.8 Å². The third kappa shape index (κ3) is 5.10. The van der Waals surface area contributed by atoms with Crippen molar-refractivity contribution >= 4 is 23.3 Å². The van der Waals surface area contributed by atoms with Gasteiger partial charge >= 0.3 is 5.97 Å². The lowest BCUT2D eigenvalue weighted by Gasteiger charge is -2.18. The molecule has 0 radical (unpaired) electrons. The molecule has 0 aliphatic carbocycles. The Balaban J connectivity index is 2.01. The van der Waals surface area contributed by atoms with Crippen LogP contribution in [0.5, 0.6) is 0 Å². The van der Waals surface area contributed by atoms with Crippen LogP contribution >= 0.6 is 0 Å². The number of ether oxygens (including phenoxy) is 1. The summed E-state index contributed by atoms with van der Waals surface area (Å²) in [7, 11) is 0. The number of hydrogen-bond donors (Lipinski definition) is 1. The SMILES string of the molecule is C[C@H](NC(=O)c1cccc([N+](=O)[O-])c1)C(=O)O[C@@H](C)c1cccc([N+](=O)[O-])c1. The summed E-state index contributed by atoms with van der Waals surface area (Å²) in [5.41, 5.74) is 0.0786. The normalized spacial score (nSPS) is 12.5. The molecule has 0 saturated carbocycles. The van der Waals surface area contributed by atoms with E-state index >= 15 is 0 Å². The molecule has 0 fully saturated rings. The summed E-state index contributed by atoms with van der Waals surface area (Å²) in [4.78, 5) is 44.8. The Morgan fingerprint density at radius 2 is 1.54 bits per heavy atom. The molecule has 0 unspecified atom stereocenters. The molecule has 2 aromatic carbocycles. The first-order valence-corrected chi connectivity index (χ1v) is 8.19. The molecule has 28 heavy (non-hydrogen) atoms. The highest BCUT2D eigenvalue weighted by atomic mass is 16.6. The summed E-state index contributed by atoms with van der Waals surface area (Å²) >= 11 is 0. The third-order valence-electron chi connectivity index (χ3n) is 3.86. The number of nitrogens with zero attached hydrogens (tertiary/aromatic N) is 2. The fourth-order valence-corrected chi connectivity index (χ4v) is 2.34. The van der Waals surface area contributed by atoms with Gasteiger partial charge in [-0.2, -0.15) is 0 Å². The first-order valence-electron chi connectivity index (χ1n) is 8.19. The summed E-state index contributed by atoms with van der Waals surface area (Å²) < 4.78 is 5.25. The van der Waals surface area contributed by atoms with E-state index in [9.17, 15) is 29.8 Å². The van der Waals surface area contributed by atoms with Crippen molar-refractivity contribution in [1.82, 2.24) is 5.32 Å². The molecule has 0 aliphatic rings. The zero-order valence-electron chi connectivity index (χ0n) is 15.0. The van der Waals surface area contributed by atoms with Crippen LogP contribution in [0.4, 0.5) is 11.4 Å². The van der Waals surface area contributed by atoms with Gasteiger partial charge in [0.05, 0.1) is 9.85 Å². The van der Waals surface area contributed by atoms with Gasteiger partial charge in [-0.25, -0.2) is 4.79 Å². The number of benzene rings is 2. The van der Waals surface area contributed by atoms with Gasteiger partial charge in [-0.05, 0) is 25.5 Å². The molecule has 1 amide bonds. The van der Waals surface area contributed by atoms with Crippen LogP contribution in [-0.4, -0.2) is 27.8 Å². The molecule has 2 atom stereocenters. The summed E-state index contributed by atoms with van der Waals surface area (Å²) in [6, 6.07) is 9.72. The highest BCUT2D eigenvalue weighted by molar-refractivity contribution is 5.97. The van der Waals surface area contributed by atoms with Crippen molar-refractivity contribution in [2.24, 2.45) is 0 Å². The summed E-state index contributed by atoms with van der Waals surface area (Å²) in [6.07, 6.45) is -0.774. The van der Waals surface area contributed by atoms with Crippen LogP contribution in [0.3, 0.4) is 0 Å². The fraction of sp³-hybridized carbons (Fsp3) is 0.222. The molecule has 0 heterocycles. The molecule has 10 heteroatoms. The van der Waals surface area contributed by atoms with Crippen molar-refractivity contribution in [3.8, 4) is 0 Å². The summed E-state index contributed by atoms with van der Waals surface area (Å²) in [6.45, 7) is 2.95. The number of carbonyl (C=O) groups excluding carboxylic acids is 2. The maximum atomic E-state index is 12.2. The molecule has 10 nitrogen and oxygen atoms in total. The molecule has 1 N–H and O–H groups in total. The number of nitro benzene ring substituents is 2. The Kier molecular flexibility index (Phi) is 6.38. The van der Waals surface area contributed by atoms with Gasteiger partial charge < -0.3 is 10.1 Å². The lowest BCUT2D eigenvalue weighted by Crippen LogP contribution is -2.39. The second-order valence-corrected chi connectivity index (χ2v) is 5.93. The van der Waals surface area contributed by atoms with E-state index in [-0.39, 0.29) is 16.9 Å². The largest absolute Gasteiger partial charge is 0.456 e. The third-order valence-corrected chi connectivity index (χ3v) is 3.86. The second-order valence-electron chi connectivity index (χ2n) is 5.93. The Morgan fingerprint density at radius 3 is 2.14 bits per heavy atom. The van der Waals surface area contributed by atoms with E-state index < -0.39 is 33.9 Å². The van der Waals surface area contributed by atoms with Crippen molar-refractivity contribution < 1.29 is 24.2 Å². The average molecular weight is 387 g/mol. The standard InChI is InChI=1S/C18H17N3O7/c1-11(19-17(22)14-6-4-8-16(10-14)21(26)27)18(23)28-12(2)13-5-3-7-15(9-13)20(24)25/h3-12H,1-2H3,(H,19,22)/t11-,12-/m0/s1. The molecule has 2 aromatic rings. The van der Waals surface area contributed by atoms with E-state index in [2.05, 4.69) is 5.32 Å². The average Bonchev–Trinajstić information content (AvgIpc) is 2.67. The Bertz CT molecular complexity index is 929. The van der Waals surface area contributed by atoms with Crippen molar-refractivity contribution in [3.05, 3.63) is 79.9 Å². The quantitative estimate of drug-likeness (QED) is 0.437. The number of esters is 1. The van der Waals surface area contributed by atoms with E-state index in [1.54, 1.807) is 13.0 Å². The zero-order valence-corrected chi connectivity index (χ0v) is 15.0. The van der Waals surface area contributed by atoms with Crippen molar-refractivity contribution in [2.75, 3.05) is 0 Å². The Labute approximate surface area is 159 Å². The molecule has 146 valence electrons. The van der Waals surface area contributed by atoms with Crippen LogP contribution in [0, 0.1) is 20.2 Å². The number of rotatable bonds is 7. The number of non-ortho nitro benzene ring substituents is 2. The maximum Gasteiger partial charge on any atom is 0.328 e. The van der Waals surface area contributed by atoms with Gasteiger partial charge in [-0.15, -0.1) is 0 Å². The zero-order chi connectivity index (χ0) is 20.8. The summed E-state index contributed by atoms with van der Waals surface area (Å²) in [5.74, 6) is -1.42. The first kappa shape index (κ1) is 20.5. The smallest absolute Gasteiger partial charge is 0.328 e. The lowest BCUT2D eigenvalue weighted by molar-refractivity contribution is -0.385. The monoisotopic (exact) mass is 387 g/mol.